The van der Waals surface area contributed by atoms with Crippen LogP contribution < -0.4 is 10.2 Å². The Morgan fingerprint density at radius 2 is 1.81 bits per heavy atom. The Labute approximate surface area is 158 Å². The molecule has 8 heteroatoms. The molecule has 2 aromatic rings. The lowest BCUT2D eigenvalue weighted by Gasteiger charge is -2.29. The van der Waals surface area contributed by atoms with Crippen molar-refractivity contribution < 1.29 is 9.13 Å². The Morgan fingerprint density at radius 1 is 1.07 bits per heavy atom. The van der Waals surface area contributed by atoms with E-state index in [1.54, 1.807) is 4.68 Å². The van der Waals surface area contributed by atoms with Crippen molar-refractivity contribution in [3.63, 3.8) is 0 Å². The van der Waals surface area contributed by atoms with Crippen LogP contribution in [0.3, 0.4) is 0 Å². The van der Waals surface area contributed by atoms with E-state index in [0.29, 0.717) is 32.0 Å². The van der Waals surface area contributed by atoms with E-state index >= 15 is 0 Å². The van der Waals surface area contributed by atoms with E-state index in [0.717, 1.165) is 49.0 Å². The lowest BCUT2D eigenvalue weighted by atomic mass is 9.94. The Bertz CT molecular complexity index is 781. The third kappa shape index (κ3) is 4.21. The van der Waals surface area contributed by atoms with Crippen molar-refractivity contribution in [2.45, 2.75) is 51.7 Å². The van der Waals surface area contributed by atoms with Crippen LogP contribution in [0.1, 0.15) is 37.1 Å². The maximum atomic E-state index is 13.5. The van der Waals surface area contributed by atoms with Gasteiger partial charge in [-0.25, -0.2) is 9.07 Å². The number of aryl methyl sites for hydroxylation is 2. The summed E-state index contributed by atoms with van der Waals surface area (Å²) in [5, 5.41) is 8.04. The first-order chi connectivity index (χ1) is 13.1. The molecular weight excluding hydrogens is 347 g/mol. The topological polar surface area (TPSA) is 68.1 Å². The normalized spacial score (nSPS) is 23.4. The molecule has 0 spiro atoms. The molecule has 0 amide bonds. The molecule has 2 aromatic heterocycles. The van der Waals surface area contributed by atoms with Crippen molar-refractivity contribution in [2.75, 3.05) is 36.5 Å². The van der Waals surface area contributed by atoms with Gasteiger partial charge < -0.3 is 15.0 Å². The van der Waals surface area contributed by atoms with Crippen LogP contribution in [0.5, 0.6) is 0 Å². The number of nitrogens with one attached hydrogen (secondary N) is 1. The minimum absolute atomic E-state index is 0.248. The predicted octanol–water partition coefficient (Wildman–Crippen LogP) is 2.81. The lowest BCUT2D eigenvalue weighted by Crippen LogP contribution is -2.37. The molecule has 2 aliphatic rings. The smallest absolute Gasteiger partial charge is 0.254 e. The van der Waals surface area contributed by atoms with Crippen LogP contribution in [0.2, 0.25) is 0 Å². The summed E-state index contributed by atoms with van der Waals surface area (Å²) >= 11 is 0. The van der Waals surface area contributed by atoms with Crippen molar-refractivity contribution in [1.29, 1.82) is 0 Å². The van der Waals surface area contributed by atoms with Gasteiger partial charge in [0.1, 0.15) is 17.8 Å². The number of hydrogen-bond acceptors (Lipinski definition) is 6. The van der Waals surface area contributed by atoms with Gasteiger partial charge in [-0.2, -0.15) is 15.1 Å². The van der Waals surface area contributed by atoms with Crippen molar-refractivity contribution >= 4 is 11.6 Å². The van der Waals surface area contributed by atoms with Crippen molar-refractivity contribution in [2.24, 2.45) is 0 Å². The highest BCUT2D eigenvalue weighted by Gasteiger charge is 2.22. The lowest BCUT2D eigenvalue weighted by molar-refractivity contribution is 0.122. The summed E-state index contributed by atoms with van der Waals surface area (Å²) in [6.45, 7) is 6.97. The SMILES string of the molecule is Cc1cc(C)n(-c2nc(NC3CCC(F)CC3)cc(N3CCOCC3)n2)n1. The van der Waals surface area contributed by atoms with Gasteiger partial charge in [0, 0.05) is 30.9 Å². The van der Waals surface area contributed by atoms with Crippen LogP contribution in [-0.2, 0) is 4.74 Å². The first-order valence-corrected chi connectivity index (χ1v) is 9.74. The number of rotatable bonds is 4. The standard InChI is InChI=1S/C19H27FN6O/c1-13-11-14(2)26(24-13)19-22-17(21-16-5-3-15(20)4-6-16)12-18(23-19)25-7-9-27-10-8-25/h11-12,15-16H,3-10H2,1-2H3,(H,21,22,23). The Morgan fingerprint density at radius 3 is 2.48 bits per heavy atom. The average Bonchev–Trinajstić information content (AvgIpc) is 3.02. The van der Waals surface area contributed by atoms with Gasteiger partial charge in [0.25, 0.3) is 5.95 Å². The third-order valence-electron chi connectivity index (χ3n) is 5.24. The molecule has 4 rings (SSSR count). The van der Waals surface area contributed by atoms with Crippen LogP contribution >= 0.6 is 0 Å². The zero-order chi connectivity index (χ0) is 18.8. The molecule has 1 aliphatic carbocycles. The second-order valence-corrected chi connectivity index (χ2v) is 7.44. The van der Waals surface area contributed by atoms with E-state index in [2.05, 4.69) is 15.3 Å². The zero-order valence-electron chi connectivity index (χ0n) is 16.0. The number of aromatic nitrogens is 4. The van der Waals surface area contributed by atoms with Gasteiger partial charge in [0.05, 0.1) is 18.9 Å². The van der Waals surface area contributed by atoms with E-state index in [1.165, 1.54) is 0 Å². The monoisotopic (exact) mass is 374 g/mol. The van der Waals surface area contributed by atoms with Gasteiger partial charge in [0.15, 0.2) is 0 Å². The molecule has 0 unspecified atom stereocenters. The summed E-state index contributed by atoms with van der Waals surface area (Å²) in [5.41, 5.74) is 1.93. The number of anilines is 2. The molecule has 7 nitrogen and oxygen atoms in total. The van der Waals surface area contributed by atoms with Crippen LogP contribution in [0.15, 0.2) is 12.1 Å². The quantitative estimate of drug-likeness (QED) is 0.888. The van der Waals surface area contributed by atoms with Gasteiger partial charge in [-0.1, -0.05) is 0 Å². The summed E-state index contributed by atoms with van der Waals surface area (Å²) in [5.74, 6) is 2.21. The molecule has 0 aromatic carbocycles. The van der Waals surface area contributed by atoms with Crippen LogP contribution in [-0.4, -0.2) is 58.3 Å². The molecule has 27 heavy (non-hydrogen) atoms. The molecule has 1 N–H and O–H groups in total. The van der Waals surface area contributed by atoms with Gasteiger partial charge in [0.2, 0.25) is 0 Å². The highest BCUT2D eigenvalue weighted by atomic mass is 19.1. The highest BCUT2D eigenvalue weighted by Crippen LogP contribution is 2.26. The number of nitrogens with zero attached hydrogens (tertiary/aromatic N) is 5. The molecule has 2 fully saturated rings. The second kappa shape index (κ2) is 7.80. The number of alkyl halides is 1. The molecular formula is C19H27FN6O. The fourth-order valence-electron chi connectivity index (χ4n) is 3.78. The Kier molecular flexibility index (Phi) is 5.24. The summed E-state index contributed by atoms with van der Waals surface area (Å²) in [7, 11) is 0. The Hall–Kier alpha value is -2.22. The van der Waals surface area contributed by atoms with E-state index < -0.39 is 6.17 Å². The second-order valence-electron chi connectivity index (χ2n) is 7.44. The number of ether oxygens (including phenoxy) is 1. The molecule has 0 atom stereocenters. The first-order valence-electron chi connectivity index (χ1n) is 9.74. The van der Waals surface area contributed by atoms with E-state index in [9.17, 15) is 4.39 Å². The van der Waals surface area contributed by atoms with Crippen molar-refractivity contribution in [1.82, 2.24) is 19.7 Å². The molecule has 3 heterocycles. The fourth-order valence-corrected chi connectivity index (χ4v) is 3.78. The number of morpholine rings is 1. The van der Waals surface area contributed by atoms with Crippen molar-refractivity contribution in [3.05, 3.63) is 23.5 Å². The van der Waals surface area contributed by atoms with Gasteiger partial charge in [-0.15, -0.1) is 0 Å². The average molecular weight is 374 g/mol. The predicted molar refractivity (Wildman–Crippen MR) is 102 cm³/mol. The van der Waals surface area contributed by atoms with Crippen molar-refractivity contribution in [3.8, 4) is 5.95 Å². The minimum Gasteiger partial charge on any atom is -0.378 e. The Balaban J connectivity index is 1.64. The number of halogens is 1. The van der Waals surface area contributed by atoms with E-state index in [1.807, 2.05) is 26.0 Å². The maximum absolute atomic E-state index is 13.5. The molecule has 0 bridgehead atoms. The maximum Gasteiger partial charge on any atom is 0.254 e. The molecule has 1 saturated heterocycles. The summed E-state index contributed by atoms with van der Waals surface area (Å²) in [6.07, 6.45) is 2.22. The summed E-state index contributed by atoms with van der Waals surface area (Å²) < 4.78 is 20.7. The van der Waals surface area contributed by atoms with E-state index in [4.69, 9.17) is 14.7 Å². The van der Waals surface area contributed by atoms with Gasteiger partial charge in [-0.05, 0) is 45.6 Å². The molecule has 1 saturated carbocycles. The minimum atomic E-state index is -0.664. The zero-order valence-corrected chi connectivity index (χ0v) is 16.0. The largest absolute Gasteiger partial charge is 0.378 e. The van der Waals surface area contributed by atoms with Gasteiger partial charge >= 0.3 is 0 Å². The van der Waals surface area contributed by atoms with Crippen LogP contribution in [0.25, 0.3) is 5.95 Å². The highest BCUT2D eigenvalue weighted by molar-refractivity contribution is 5.52. The van der Waals surface area contributed by atoms with E-state index in [-0.39, 0.29) is 6.04 Å². The van der Waals surface area contributed by atoms with Gasteiger partial charge in [-0.3, -0.25) is 0 Å². The first kappa shape index (κ1) is 18.2. The fraction of sp³-hybridized carbons (Fsp3) is 0.632. The summed E-state index contributed by atoms with van der Waals surface area (Å²) in [4.78, 5) is 11.7. The van der Waals surface area contributed by atoms with Crippen LogP contribution in [0.4, 0.5) is 16.0 Å². The molecule has 0 radical (unpaired) electrons. The third-order valence-corrected chi connectivity index (χ3v) is 5.24. The summed E-state index contributed by atoms with van der Waals surface area (Å²) in [6, 6.07) is 4.25. The number of hydrogen-bond donors (Lipinski definition) is 1. The molecule has 1 aliphatic heterocycles. The molecule has 146 valence electrons. The van der Waals surface area contributed by atoms with Crippen LogP contribution in [0, 0.1) is 13.8 Å².